The summed E-state index contributed by atoms with van der Waals surface area (Å²) in [5.41, 5.74) is 0.967. The van der Waals surface area contributed by atoms with Gasteiger partial charge in [-0.3, -0.25) is 4.79 Å². The molecule has 2 aromatic carbocycles. The van der Waals surface area contributed by atoms with Crippen LogP contribution >= 0.6 is 23.4 Å². The van der Waals surface area contributed by atoms with Gasteiger partial charge in [0.25, 0.3) is 0 Å². The van der Waals surface area contributed by atoms with Crippen molar-refractivity contribution in [3.05, 3.63) is 64.4 Å². The molecule has 128 valence electrons. The zero-order valence-corrected chi connectivity index (χ0v) is 14.5. The molecular formula is C17H13ClFN3O2S. The van der Waals surface area contributed by atoms with Crippen molar-refractivity contribution < 1.29 is 13.9 Å². The summed E-state index contributed by atoms with van der Waals surface area (Å²) >= 11 is 7.29. The topological polar surface area (TPSA) is 63.0 Å². The van der Waals surface area contributed by atoms with E-state index in [1.54, 1.807) is 30.3 Å². The van der Waals surface area contributed by atoms with Gasteiger partial charge in [0, 0.05) is 11.1 Å². The third-order valence-corrected chi connectivity index (χ3v) is 4.50. The molecule has 1 saturated heterocycles. The van der Waals surface area contributed by atoms with Crippen LogP contribution in [0.25, 0.3) is 0 Å². The van der Waals surface area contributed by atoms with Crippen LogP contribution in [0.15, 0.2) is 52.7 Å². The van der Waals surface area contributed by atoms with Gasteiger partial charge in [0.05, 0.1) is 17.0 Å². The number of halogens is 2. The van der Waals surface area contributed by atoms with Crippen LogP contribution in [-0.2, 0) is 11.4 Å². The van der Waals surface area contributed by atoms with E-state index < -0.39 is 5.82 Å². The Bertz CT molecular complexity index is 837. The summed E-state index contributed by atoms with van der Waals surface area (Å²) in [5, 5.41) is 11.2. The van der Waals surface area contributed by atoms with Gasteiger partial charge < -0.3 is 10.1 Å². The lowest BCUT2D eigenvalue weighted by molar-refractivity contribution is -0.116. The number of rotatable bonds is 5. The fraction of sp³-hybridized carbons (Fsp3) is 0.118. The third-order valence-electron chi connectivity index (χ3n) is 3.28. The molecule has 1 heterocycles. The number of nitrogens with zero attached hydrogens (tertiary/aromatic N) is 2. The molecule has 2 aromatic rings. The quantitative estimate of drug-likeness (QED) is 0.639. The molecule has 1 fully saturated rings. The van der Waals surface area contributed by atoms with Gasteiger partial charge in [-0.25, -0.2) is 4.39 Å². The summed E-state index contributed by atoms with van der Waals surface area (Å²) in [5.74, 6) is 0.356. The molecule has 1 aliphatic rings. The van der Waals surface area contributed by atoms with Crippen LogP contribution < -0.4 is 10.1 Å². The summed E-state index contributed by atoms with van der Waals surface area (Å²) < 4.78 is 19.5. The third kappa shape index (κ3) is 4.58. The summed E-state index contributed by atoms with van der Waals surface area (Å²) in [6, 6.07) is 11.7. The van der Waals surface area contributed by atoms with Crippen LogP contribution in [0.5, 0.6) is 5.75 Å². The predicted molar refractivity (Wildman–Crippen MR) is 97.8 cm³/mol. The van der Waals surface area contributed by atoms with Crippen molar-refractivity contribution in [2.45, 2.75) is 6.61 Å². The highest BCUT2D eigenvalue weighted by Gasteiger charge is 2.16. The van der Waals surface area contributed by atoms with Gasteiger partial charge in [0.1, 0.15) is 18.2 Å². The highest BCUT2D eigenvalue weighted by atomic mass is 35.5. The average molecular weight is 378 g/mol. The second-order valence-electron chi connectivity index (χ2n) is 5.01. The van der Waals surface area contributed by atoms with E-state index in [0.29, 0.717) is 32.8 Å². The molecule has 0 atom stereocenters. The fourth-order valence-electron chi connectivity index (χ4n) is 2.06. The van der Waals surface area contributed by atoms with E-state index in [2.05, 4.69) is 15.5 Å². The zero-order chi connectivity index (χ0) is 17.6. The van der Waals surface area contributed by atoms with Crippen molar-refractivity contribution in [1.82, 2.24) is 5.32 Å². The lowest BCUT2D eigenvalue weighted by Gasteiger charge is -2.10. The van der Waals surface area contributed by atoms with Crippen LogP contribution in [-0.4, -0.2) is 23.0 Å². The zero-order valence-electron chi connectivity index (χ0n) is 12.9. The number of para-hydroxylation sites is 1. The number of nitrogens with one attached hydrogen (secondary N) is 1. The molecule has 0 spiro atoms. The van der Waals surface area contributed by atoms with Gasteiger partial charge in [0.2, 0.25) is 5.91 Å². The Kier molecular flexibility index (Phi) is 5.67. The monoisotopic (exact) mass is 377 g/mol. The standard InChI is InChI=1S/C17H13ClFN3O2S/c18-13-5-3-6-14(19)12(13)9-24-15-7-2-1-4-11(15)8-20-22-17-21-16(23)10-25-17/h1-8H,9-10H2,(H,21,22,23). The first kappa shape index (κ1) is 17.4. The highest BCUT2D eigenvalue weighted by molar-refractivity contribution is 8.15. The normalized spacial score (nSPS) is 15.8. The number of ether oxygens (including phenoxy) is 1. The van der Waals surface area contributed by atoms with Crippen LogP contribution in [0.2, 0.25) is 5.02 Å². The first-order valence-electron chi connectivity index (χ1n) is 7.32. The molecule has 0 radical (unpaired) electrons. The van der Waals surface area contributed by atoms with Crippen molar-refractivity contribution >= 4 is 40.7 Å². The van der Waals surface area contributed by atoms with E-state index in [9.17, 15) is 9.18 Å². The molecule has 0 bridgehead atoms. The molecule has 0 aromatic heterocycles. The Hall–Kier alpha value is -2.38. The molecule has 1 aliphatic heterocycles. The summed E-state index contributed by atoms with van der Waals surface area (Å²) in [4.78, 5) is 11.1. The summed E-state index contributed by atoms with van der Waals surface area (Å²) in [7, 11) is 0. The maximum Gasteiger partial charge on any atom is 0.236 e. The maximum absolute atomic E-state index is 13.8. The number of amides is 1. The van der Waals surface area contributed by atoms with Crippen molar-refractivity contribution in [3.63, 3.8) is 0 Å². The van der Waals surface area contributed by atoms with Crippen molar-refractivity contribution in [2.75, 3.05) is 5.75 Å². The Labute approximate surface area is 152 Å². The minimum absolute atomic E-state index is 0.00319. The van der Waals surface area contributed by atoms with E-state index >= 15 is 0 Å². The summed E-state index contributed by atoms with van der Waals surface area (Å²) in [6.07, 6.45) is 1.51. The largest absolute Gasteiger partial charge is 0.488 e. The molecule has 5 nitrogen and oxygen atoms in total. The number of thioether (sulfide) groups is 1. The van der Waals surface area contributed by atoms with Crippen molar-refractivity contribution in [2.24, 2.45) is 10.2 Å². The minimum atomic E-state index is -0.418. The van der Waals surface area contributed by atoms with Gasteiger partial charge >= 0.3 is 0 Å². The number of amidine groups is 1. The minimum Gasteiger partial charge on any atom is -0.488 e. The second kappa shape index (κ2) is 8.13. The molecule has 1 N–H and O–H groups in total. The molecule has 1 amide bonds. The summed E-state index contributed by atoms with van der Waals surface area (Å²) in [6.45, 7) is -0.00319. The van der Waals surface area contributed by atoms with Crippen LogP contribution in [0.3, 0.4) is 0 Å². The maximum atomic E-state index is 13.8. The van der Waals surface area contributed by atoms with Gasteiger partial charge in [0.15, 0.2) is 5.17 Å². The molecule has 0 aliphatic carbocycles. The van der Waals surface area contributed by atoms with Crippen molar-refractivity contribution in [1.29, 1.82) is 0 Å². The smallest absolute Gasteiger partial charge is 0.236 e. The van der Waals surface area contributed by atoms with Crippen LogP contribution in [0.4, 0.5) is 4.39 Å². The molecular weight excluding hydrogens is 365 g/mol. The number of hydrogen-bond acceptors (Lipinski definition) is 5. The van der Waals surface area contributed by atoms with Crippen LogP contribution in [0.1, 0.15) is 11.1 Å². The number of benzene rings is 2. The van der Waals surface area contributed by atoms with Gasteiger partial charge in [-0.05, 0) is 24.3 Å². The van der Waals surface area contributed by atoms with Gasteiger partial charge in [-0.15, -0.1) is 5.10 Å². The first-order valence-corrected chi connectivity index (χ1v) is 8.68. The lowest BCUT2D eigenvalue weighted by Crippen LogP contribution is -2.19. The Morgan fingerprint density at radius 3 is 2.88 bits per heavy atom. The Balaban J connectivity index is 1.72. The second-order valence-corrected chi connectivity index (χ2v) is 6.38. The van der Waals surface area contributed by atoms with E-state index in [4.69, 9.17) is 16.3 Å². The van der Waals surface area contributed by atoms with E-state index in [-0.39, 0.29) is 12.5 Å². The Morgan fingerprint density at radius 1 is 1.28 bits per heavy atom. The molecule has 25 heavy (non-hydrogen) atoms. The van der Waals surface area contributed by atoms with E-state index in [1.807, 2.05) is 6.07 Å². The molecule has 0 saturated carbocycles. The van der Waals surface area contributed by atoms with Gasteiger partial charge in [-0.1, -0.05) is 41.6 Å². The van der Waals surface area contributed by atoms with E-state index in [0.717, 1.165) is 0 Å². The fourth-order valence-corrected chi connectivity index (χ4v) is 2.91. The van der Waals surface area contributed by atoms with E-state index in [1.165, 1.54) is 24.0 Å². The average Bonchev–Trinajstić information content (AvgIpc) is 3.01. The highest BCUT2D eigenvalue weighted by Crippen LogP contribution is 2.23. The Morgan fingerprint density at radius 2 is 2.12 bits per heavy atom. The van der Waals surface area contributed by atoms with Crippen molar-refractivity contribution in [3.8, 4) is 5.75 Å². The first-order chi connectivity index (χ1) is 12.1. The SMILES string of the molecule is O=C1CSC(=NN=Cc2ccccc2OCc2c(F)cccc2Cl)N1. The number of hydrogen-bond donors (Lipinski definition) is 1. The number of carbonyl (C=O) groups is 1. The lowest BCUT2D eigenvalue weighted by atomic mass is 10.2. The number of carbonyl (C=O) groups excluding carboxylic acids is 1. The molecule has 3 rings (SSSR count). The van der Waals surface area contributed by atoms with Gasteiger partial charge in [-0.2, -0.15) is 5.10 Å². The molecule has 0 unspecified atom stereocenters. The predicted octanol–water partition coefficient (Wildman–Crippen LogP) is 3.61. The molecule has 8 heteroatoms. The van der Waals surface area contributed by atoms with Crippen LogP contribution in [0, 0.1) is 5.82 Å².